The molecule has 3 nitrogen and oxygen atoms in total. The van der Waals surface area contributed by atoms with Gasteiger partial charge in [0.25, 0.3) is 5.91 Å². The molecule has 2 aromatic rings. The number of carbonyl (C=O) groups is 1. The van der Waals surface area contributed by atoms with Crippen LogP contribution in [-0.4, -0.2) is 29.4 Å². The van der Waals surface area contributed by atoms with E-state index in [1.807, 2.05) is 31.3 Å². The molecule has 0 aliphatic heterocycles. The molecule has 2 rings (SSSR count). The van der Waals surface area contributed by atoms with E-state index in [-0.39, 0.29) is 5.91 Å². The van der Waals surface area contributed by atoms with Crippen LogP contribution in [0, 0.1) is 0 Å². The minimum absolute atomic E-state index is 0.0713. The number of amides is 1. The SMILES string of the molecule is CCCCN(C)C(=O)c1cccc2ccncc12. The standard InChI is InChI=1S/C15H18N2O/c1-3-4-10-17(2)15(18)13-7-5-6-12-8-9-16-11-14(12)13/h5-9,11H,3-4,10H2,1-2H3. The first-order valence-corrected chi connectivity index (χ1v) is 6.32. The summed E-state index contributed by atoms with van der Waals surface area (Å²) in [7, 11) is 1.85. The normalized spacial score (nSPS) is 10.6. The van der Waals surface area contributed by atoms with Gasteiger partial charge in [-0.25, -0.2) is 0 Å². The number of unbranched alkanes of at least 4 members (excludes halogenated alkanes) is 1. The molecule has 0 spiro atoms. The molecule has 18 heavy (non-hydrogen) atoms. The zero-order valence-corrected chi connectivity index (χ0v) is 10.9. The first-order valence-electron chi connectivity index (χ1n) is 6.32. The molecule has 0 unspecified atom stereocenters. The molecular formula is C15H18N2O. The number of hydrogen-bond acceptors (Lipinski definition) is 2. The molecule has 1 amide bonds. The lowest BCUT2D eigenvalue weighted by atomic mass is 10.1. The minimum atomic E-state index is 0.0713. The Bertz CT molecular complexity index is 546. The van der Waals surface area contributed by atoms with Crippen molar-refractivity contribution in [3.63, 3.8) is 0 Å². The highest BCUT2D eigenvalue weighted by Gasteiger charge is 2.13. The van der Waals surface area contributed by atoms with Crippen molar-refractivity contribution in [2.75, 3.05) is 13.6 Å². The molecule has 0 saturated heterocycles. The molecule has 94 valence electrons. The van der Waals surface area contributed by atoms with Gasteiger partial charge >= 0.3 is 0 Å². The Kier molecular flexibility index (Phi) is 3.92. The highest BCUT2D eigenvalue weighted by Crippen LogP contribution is 2.18. The van der Waals surface area contributed by atoms with E-state index >= 15 is 0 Å². The fourth-order valence-corrected chi connectivity index (χ4v) is 2.00. The Morgan fingerprint density at radius 1 is 1.33 bits per heavy atom. The molecule has 0 bridgehead atoms. The highest BCUT2D eigenvalue weighted by atomic mass is 16.2. The molecule has 0 radical (unpaired) electrons. The zero-order chi connectivity index (χ0) is 13.0. The van der Waals surface area contributed by atoms with Gasteiger partial charge in [0.1, 0.15) is 0 Å². The number of carbonyl (C=O) groups excluding carboxylic acids is 1. The van der Waals surface area contributed by atoms with Gasteiger partial charge in [-0.3, -0.25) is 9.78 Å². The summed E-state index contributed by atoms with van der Waals surface area (Å²) in [6.45, 7) is 2.92. The van der Waals surface area contributed by atoms with E-state index in [2.05, 4.69) is 11.9 Å². The lowest BCUT2D eigenvalue weighted by molar-refractivity contribution is 0.0795. The summed E-state index contributed by atoms with van der Waals surface area (Å²) < 4.78 is 0. The second-order valence-electron chi connectivity index (χ2n) is 4.48. The Morgan fingerprint density at radius 2 is 2.17 bits per heavy atom. The summed E-state index contributed by atoms with van der Waals surface area (Å²) in [4.78, 5) is 18.3. The fourth-order valence-electron chi connectivity index (χ4n) is 2.00. The van der Waals surface area contributed by atoms with Crippen molar-refractivity contribution < 1.29 is 4.79 Å². The maximum atomic E-state index is 12.4. The average molecular weight is 242 g/mol. The van der Waals surface area contributed by atoms with Crippen molar-refractivity contribution in [2.24, 2.45) is 0 Å². The molecule has 0 aliphatic carbocycles. The van der Waals surface area contributed by atoms with E-state index in [0.717, 1.165) is 35.7 Å². The van der Waals surface area contributed by atoms with Crippen molar-refractivity contribution in [2.45, 2.75) is 19.8 Å². The van der Waals surface area contributed by atoms with Crippen molar-refractivity contribution in [1.29, 1.82) is 0 Å². The summed E-state index contributed by atoms with van der Waals surface area (Å²) >= 11 is 0. The summed E-state index contributed by atoms with van der Waals surface area (Å²) in [6.07, 6.45) is 5.63. The second kappa shape index (κ2) is 5.63. The van der Waals surface area contributed by atoms with Crippen LogP contribution in [0.15, 0.2) is 36.7 Å². The Hall–Kier alpha value is -1.90. The molecule has 0 atom stereocenters. The van der Waals surface area contributed by atoms with Crippen LogP contribution in [0.25, 0.3) is 10.8 Å². The molecule has 0 saturated carbocycles. The van der Waals surface area contributed by atoms with Crippen molar-refractivity contribution in [3.8, 4) is 0 Å². The number of benzene rings is 1. The Balaban J connectivity index is 2.33. The van der Waals surface area contributed by atoms with Crippen LogP contribution in [0.1, 0.15) is 30.1 Å². The van der Waals surface area contributed by atoms with E-state index in [1.165, 1.54) is 0 Å². The van der Waals surface area contributed by atoms with Crippen molar-refractivity contribution in [3.05, 3.63) is 42.2 Å². The highest BCUT2D eigenvalue weighted by molar-refractivity contribution is 6.06. The molecule has 0 fully saturated rings. The van der Waals surface area contributed by atoms with Gasteiger partial charge in [-0.2, -0.15) is 0 Å². The third-order valence-corrected chi connectivity index (χ3v) is 3.11. The number of fused-ring (bicyclic) bond motifs is 1. The van der Waals surface area contributed by atoms with E-state index in [1.54, 1.807) is 17.3 Å². The summed E-state index contributed by atoms with van der Waals surface area (Å²) in [6, 6.07) is 7.72. The van der Waals surface area contributed by atoms with Gasteiger partial charge in [-0.1, -0.05) is 25.5 Å². The quantitative estimate of drug-likeness (QED) is 0.825. The molecule has 0 aliphatic rings. The molecule has 0 N–H and O–H groups in total. The van der Waals surface area contributed by atoms with Crippen LogP contribution in [0.5, 0.6) is 0 Å². The number of nitrogens with zero attached hydrogens (tertiary/aromatic N) is 2. The monoisotopic (exact) mass is 242 g/mol. The van der Waals surface area contributed by atoms with Gasteiger partial charge < -0.3 is 4.90 Å². The van der Waals surface area contributed by atoms with Crippen LogP contribution < -0.4 is 0 Å². The van der Waals surface area contributed by atoms with Gasteiger partial charge in [0.15, 0.2) is 0 Å². The molecule has 1 aromatic carbocycles. The van der Waals surface area contributed by atoms with E-state index in [4.69, 9.17) is 0 Å². The summed E-state index contributed by atoms with van der Waals surface area (Å²) in [5.41, 5.74) is 0.735. The van der Waals surface area contributed by atoms with Crippen LogP contribution in [0.3, 0.4) is 0 Å². The van der Waals surface area contributed by atoms with Crippen LogP contribution in [-0.2, 0) is 0 Å². The number of rotatable bonds is 4. The van der Waals surface area contributed by atoms with Crippen molar-refractivity contribution >= 4 is 16.7 Å². The van der Waals surface area contributed by atoms with Gasteiger partial charge in [0.05, 0.1) is 0 Å². The van der Waals surface area contributed by atoms with E-state index < -0.39 is 0 Å². The van der Waals surface area contributed by atoms with E-state index in [9.17, 15) is 4.79 Å². The van der Waals surface area contributed by atoms with E-state index in [0.29, 0.717) is 0 Å². The second-order valence-corrected chi connectivity index (χ2v) is 4.48. The van der Waals surface area contributed by atoms with Crippen molar-refractivity contribution in [1.82, 2.24) is 9.88 Å². The third-order valence-electron chi connectivity index (χ3n) is 3.11. The van der Waals surface area contributed by atoms with Gasteiger partial charge in [-0.15, -0.1) is 0 Å². The van der Waals surface area contributed by atoms with Crippen LogP contribution >= 0.6 is 0 Å². The zero-order valence-electron chi connectivity index (χ0n) is 10.9. The van der Waals surface area contributed by atoms with Gasteiger partial charge in [-0.05, 0) is 23.9 Å². The first-order chi connectivity index (χ1) is 8.74. The Labute approximate surface area is 107 Å². The lowest BCUT2D eigenvalue weighted by Crippen LogP contribution is -2.27. The predicted molar refractivity (Wildman–Crippen MR) is 73.6 cm³/mol. The molecular weight excluding hydrogens is 224 g/mol. The summed E-state index contributed by atoms with van der Waals surface area (Å²) in [5, 5.41) is 1.98. The lowest BCUT2D eigenvalue weighted by Gasteiger charge is -2.17. The average Bonchev–Trinajstić information content (AvgIpc) is 2.43. The maximum Gasteiger partial charge on any atom is 0.254 e. The molecule has 3 heteroatoms. The summed E-state index contributed by atoms with van der Waals surface area (Å²) in [5.74, 6) is 0.0713. The molecule has 1 heterocycles. The van der Waals surface area contributed by atoms with Gasteiger partial charge in [0.2, 0.25) is 0 Å². The van der Waals surface area contributed by atoms with Crippen LogP contribution in [0.2, 0.25) is 0 Å². The number of pyridine rings is 1. The Morgan fingerprint density at radius 3 is 2.94 bits per heavy atom. The first kappa shape index (κ1) is 12.6. The largest absolute Gasteiger partial charge is 0.342 e. The topological polar surface area (TPSA) is 33.2 Å². The van der Waals surface area contributed by atoms with Gasteiger partial charge in [0, 0.05) is 36.9 Å². The minimum Gasteiger partial charge on any atom is -0.342 e. The number of hydrogen-bond donors (Lipinski definition) is 0. The smallest absolute Gasteiger partial charge is 0.254 e. The number of aromatic nitrogens is 1. The molecule has 1 aromatic heterocycles. The maximum absolute atomic E-state index is 12.4. The van der Waals surface area contributed by atoms with Crippen LogP contribution in [0.4, 0.5) is 0 Å². The predicted octanol–water partition coefficient (Wildman–Crippen LogP) is 3.11. The third kappa shape index (κ3) is 2.50. The fraction of sp³-hybridized carbons (Fsp3) is 0.333.